The molecular weight excluding hydrogens is 246 g/mol. The Bertz CT molecular complexity index is 302. The van der Waals surface area contributed by atoms with Crippen molar-refractivity contribution in [2.75, 3.05) is 52.5 Å². The van der Waals surface area contributed by atoms with E-state index in [9.17, 15) is 4.79 Å². The summed E-state index contributed by atoms with van der Waals surface area (Å²) in [5.41, 5.74) is 4.52. The lowest BCUT2D eigenvalue weighted by molar-refractivity contribution is -0.153. The predicted octanol–water partition coefficient (Wildman–Crippen LogP) is -0.811. The van der Waals surface area contributed by atoms with E-state index < -0.39 is 11.5 Å². The molecule has 110 valence electrons. The minimum atomic E-state index is -0.796. The van der Waals surface area contributed by atoms with Crippen LogP contribution in [-0.2, 0) is 14.3 Å². The third-order valence-electron chi connectivity index (χ3n) is 4.04. The molecule has 6 heteroatoms. The van der Waals surface area contributed by atoms with Gasteiger partial charge in [-0.05, 0) is 5.92 Å². The van der Waals surface area contributed by atoms with E-state index in [-0.39, 0.29) is 0 Å². The van der Waals surface area contributed by atoms with Gasteiger partial charge in [0.05, 0.1) is 19.8 Å². The highest BCUT2D eigenvalue weighted by Crippen LogP contribution is 2.17. The number of nitrogens with one attached hydrogen (secondary N) is 1. The van der Waals surface area contributed by atoms with Crippen molar-refractivity contribution in [3.05, 3.63) is 0 Å². The van der Waals surface area contributed by atoms with Crippen LogP contribution in [0.4, 0.5) is 0 Å². The molecule has 1 amide bonds. The topological polar surface area (TPSA) is 76.8 Å². The van der Waals surface area contributed by atoms with Gasteiger partial charge in [0.1, 0.15) is 0 Å². The maximum atomic E-state index is 11.2. The Morgan fingerprint density at radius 1 is 1.37 bits per heavy atom. The molecule has 0 spiro atoms. The van der Waals surface area contributed by atoms with Gasteiger partial charge in [-0.1, -0.05) is 13.3 Å². The van der Waals surface area contributed by atoms with Crippen molar-refractivity contribution < 1.29 is 14.3 Å². The third kappa shape index (κ3) is 3.66. The van der Waals surface area contributed by atoms with E-state index in [0.717, 1.165) is 19.1 Å². The third-order valence-corrected chi connectivity index (χ3v) is 4.04. The van der Waals surface area contributed by atoms with Crippen LogP contribution in [0, 0.1) is 5.92 Å². The molecule has 0 saturated carbocycles. The Kier molecular flexibility index (Phi) is 5.15. The van der Waals surface area contributed by atoms with E-state index in [1.54, 1.807) is 0 Å². The van der Waals surface area contributed by atoms with Gasteiger partial charge in [0.25, 0.3) is 5.91 Å². The number of primary amides is 1. The average molecular weight is 271 g/mol. The Hall–Kier alpha value is -0.690. The molecule has 0 aromatic rings. The monoisotopic (exact) mass is 271 g/mol. The molecule has 2 aliphatic heterocycles. The zero-order valence-electron chi connectivity index (χ0n) is 11.7. The quantitative estimate of drug-likeness (QED) is 0.536. The number of carbonyl (C=O) groups excluding carboxylic acids is 1. The van der Waals surface area contributed by atoms with Gasteiger partial charge in [-0.25, -0.2) is 0 Å². The molecule has 0 aliphatic carbocycles. The molecule has 2 aliphatic rings. The fourth-order valence-electron chi connectivity index (χ4n) is 2.41. The lowest BCUT2D eigenvalue weighted by Crippen LogP contribution is -2.68. The number of nitrogens with zero attached hydrogens (tertiary/aromatic N) is 1. The molecule has 2 saturated heterocycles. The normalized spacial score (nSPS) is 22.8. The van der Waals surface area contributed by atoms with E-state index in [1.165, 1.54) is 19.5 Å². The van der Waals surface area contributed by atoms with E-state index >= 15 is 0 Å². The Labute approximate surface area is 114 Å². The molecule has 0 unspecified atom stereocenters. The summed E-state index contributed by atoms with van der Waals surface area (Å²) in [5, 5.41) is 3.00. The van der Waals surface area contributed by atoms with E-state index in [2.05, 4.69) is 17.1 Å². The fourth-order valence-corrected chi connectivity index (χ4v) is 2.41. The smallest absolute Gasteiger partial charge is 0.252 e. The lowest BCUT2D eigenvalue weighted by atomic mass is 9.96. The van der Waals surface area contributed by atoms with Crippen LogP contribution in [0.1, 0.15) is 13.3 Å². The molecule has 19 heavy (non-hydrogen) atoms. The summed E-state index contributed by atoms with van der Waals surface area (Å²) in [7, 11) is 0. The van der Waals surface area contributed by atoms with Crippen molar-refractivity contribution >= 4 is 5.91 Å². The number of rotatable bonds is 9. The van der Waals surface area contributed by atoms with Gasteiger partial charge in [0.15, 0.2) is 5.60 Å². The SMILES string of the molecule is CCC1CN(CCOCCOC2(C(N)=O)CNC2)C1. The first-order chi connectivity index (χ1) is 9.16. The number of carbonyl (C=O) groups is 1. The molecule has 2 heterocycles. The zero-order valence-corrected chi connectivity index (χ0v) is 11.7. The molecule has 3 N–H and O–H groups in total. The highest BCUT2D eigenvalue weighted by molar-refractivity contribution is 5.85. The summed E-state index contributed by atoms with van der Waals surface area (Å²) in [6.07, 6.45) is 1.27. The highest BCUT2D eigenvalue weighted by Gasteiger charge is 2.43. The van der Waals surface area contributed by atoms with Gasteiger partial charge in [-0.3, -0.25) is 4.79 Å². The number of ether oxygens (including phenoxy) is 2. The van der Waals surface area contributed by atoms with Crippen molar-refractivity contribution in [2.45, 2.75) is 18.9 Å². The van der Waals surface area contributed by atoms with Gasteiger partial charge >= 0.3 is 0 Å². The van der Waals surface area contributed by atoms with E-state index in [1.807, 2.05) is 0 Å². The van der Waals surface area contributed by atoms with Crippen molar-refractivity contribution in [1.29, 1.82) is 0 Å². The molecule has 2 fully saturated rings. The average Bonchev–Trinajstić information content (AvgIpc) is 2.27. The number of likely N-dealkylation sites (tertiary alicyclic amines) is 1. The minimum absolute atomic E-state index is 0.391. The summed E-state index contributed by atoms with van der Waals surface area (Å²) in [4.78, 5) is 13.6. The summed E-state index contributed by atoms with van der Waals surface area (Å²) >= 11 is 0. The molecule has 0 radical (unpaired) electrons. The second-order valence-electron chi connectivity index (χ2n) is 5.46. The van der Waals surface area contributed by atoms with Gasteiger partial charge in [0.2, 0.25) is 0 Å². The first kappa shape index (κ1) is 14.7. The number of amides is 1. The van der Waals surface area contributed by atoms with Gasteiger partial charge in [-0.15, -0.1) is 0 Å². The van der Waals surface area contributed by atoms with Crippen LogP contribution in [0.25, 0.3) is 0 Å². The molecular formula is C13H25N3O3. The molecule has 2 rings (SSSR count). The van der Waals surface area contributed by atoms with Gasteiger partial charge in [-0.2, -0.15) is 0 Å². The molecule has 0 atom stereocenters. The lowest BCUT2D eigenvalue weighted by Gasteiger charge is -2.39. The van der Waals surface area contributed by atoms with Crippen LogP contribution in [0.15, 0.2) is 0 Å². The van der Waals surface area contributed by atoms with Crippen LogP contribution in [0.2, 0.25) is 0 Å². The summed E-state index contributed by atoms with van der Waals surface area (Å²) in [5.74, 6) is 0.488. The Balaban J connectivity index is 1.45. The van der Waals surface area contributed by atoms with Crippen molar-refractivity contribution in [2.24, 2.45) is 11.7 Å². The minimum Gasteiger partial charge on any atom is -0.378 e. The van der Waals surface area contributed by atoms with Crippen LogP contribution < -0.4 is 11.1 Å². The molecule has 6 nitrogen and oxygen atoms in total. The summed E-state index contributed by atoms with van der Waals surface area (Å²) in [6.45, 7) is 8.30. The first-order valence-corrected chi connectivity index (χ1v) is 7.11. The van der Waals surface area contributed by atoms with Crippen molar-refractivity contribution in [1.82, 2.24) is 10.2 Å². The van der Waals surface area contributed by atoms with Crippen LogP contribution >= 0.6 is 0 Å². The van der Waals surface area contributed by atoms with E-state index in [4.69, 9.17) is 15.2 Å². The summed E-state index contributed by atoms with van der Waals surface area (Å²) in [6, 6.07) is 0. The molecule has 0 bridgehead atoms. The van der Waals surface area contributed by atoms with Crippen molar-refractivity contribution in [3.8, 4) is 0 Å². The highest BCUT2D eigenvalue weighted by atomic mass is 16.5. The fraction of sp³-hybridized carbons (Fsp3) is 0.923. The molecule has 0 aromatic heterocycles. The molecule has 0 aromatic carbocycles. The van der Waals surface area contributed by atoms with Crippen LogP contribution in [-0.4, -0.2) is 69.0 Å². The number of hydrogen-bond acceptors (Lipinski definition) is 5. The summed E-state index contributed by atoms with van der Waals surface area (Å²) < 4.78 is 11.0. The predicted molar refractivity (Wildman–Crippen MR) is 71.8 cm³/mol. The Morgan fingerprint density at radius 3 is 2.63 bits per heavy atom. The van der Waals surface area contributed by atoms with Gasteiger partial charge in [0, 0.05) is 32.7 Å². The maximum Gasteiger partial charge on any atom is 0.252 e. The standard InChI is InChI=1S/C13H25N3O3/c1-2-11-7-16(8-11)3-4-18-5-6-19-13(12(14)17)9-15-10-13/h11,15H,2-10H2,1H3,(H2,14,17). The van der Waals surface area contributed by atoms with Crippen molar-refractivity contribution in [3.63, 3.8) is 0 Å². The number of hydrogen-bond donors (Lipinski definition) is 2. The Morgan fingerprint density at radius 2 is 2.11 bits per heavy atom. The van der Waals surface area contributed by atoms with Crippen LogP contribution in [0.3, 0.4) is 0 Å². The zero-order chi connectivity index (χ0) is 13.7. The largest absolute Gasteiger partial charge is 0.378 e. The second kappa shape index (κ2) is 6.65. The second-order valence-corrected chi connectivity index (χ2v) is 5.46. The first-order valence-electron chi connectivity index (χ1n) is 7.11. The maximum absolute atomic E-state index is 11.2. The van der Waals surface area contributed by atoms with E-state index in [0.29, 0.717) is 26.3 Å². The van der Waals surface area contributed by atoms with Gasteiger partial charge < -0.3 is 25.4 Å². The number of nitrogens with two attached hydrogens (primary N) is 1. The van der Waals surface area contributed by atoms with Crippen LogP contribution in [0.5, 0.6) is 0 Å².